The molecule has 2 aromatic rings. The Morgan fingerprint density at radius 3 is 2.42 bits per heavy atom. The third kappa shape index (κ3) is 6.74. The van der Waals surface area contributed by atoms with Gasteiger partial charge < -0.3 is 20.5 Å². The van der Waals surface area contributed by atoms with Gasteiger partial charge in [0.15, 0.2) is 17.5 Å². The normalized spacial score (nSPS) is 12.3. The largest absolute Gasteiger partial charge is 0.493 e. The summed E-state index contributed by atoms with van der Waals surface area (Å²) < 4.78 is 11.2. The number of hydrogen-bond acceptors (Lipinski definition) is 3. The van der Waals surface area contributed by atoms with E-state index in [1.807, 2.05) is 43.3 Å². The topological polar surface area (TPSA) is 68.9 Å². The van der Waals surface area contributed by atoms with Crippen molar-refractivity contribution in [2.75, 3.05) is 19.0 Å². The first-order valence-corrected chi connectivity index (χ1v) is 8.46. The average molecular weight is 469 g/mol. The van der Waals surface area contributed by atoms with Gasteiger partial charge in [0.25, 0.3) is 0 Å². The molecule has 1 atom stereocenters. The minimum absolute atomic E-state index is 0. The van der Waals surface area contributed by atoms with Gasteiger partial charge in [0.2, 0.25) is 0 Å². The minimum Gasteiger partial charge on any atom is -0.493 e. The van der Waals surface area contributed by atoms with Crippen LogP contribution >= 0.6 is 24.0 Å². The number of nitrogens with two attached hydrogens (primary N) is 1. The maximum absolute atomic E-state index is 5.99. The van der Waals surface area contributed by atoms with Crippen LogP contribution in [0.15, 0.2) is 53.5 Å². The fourth-order valence-electron chi connectivity index (χ4n) is 2.36. The number of rotatable bonds is 7. The van der Waals surface area contributed by atoms with Gasteiger partial charge in [-0.2, -0.15) is 0 Å². The summed E-state index contributed by atoms with van der Waals surface area (Å²) >= 11 is 0. The standard InChI is InChI=1S/C20H27N3O2.HI/c1-14(2)16-8-7-9-17(12-16)23-20(21)22-13-15(3)25-19-11-6-5-10-18(19)24-4;/h5-12,14-15H,13H2,1-4H3,(H3,21,22,23);1H. The first-order chi connectivity index (χ1) is 12.0. The number of hydrogen-bond donors (Lipinski definition) is 2. The molecule has 2 aromatic carbocycles. The van der Waals surface area contributed by atoms with E-state index in [0.717, 1.165) is 5.69 Å². The number of para-hydroxylation sites is 2. The summed E-state index contributed by atoms with van der Waals surface area (Å²) in [6.45, 7) is 6.71. The zero-order valence-corrected chi connectivity index (χ0v) is 18.1. The molecular formula is C20H28IN3O2. The smallest absolute Gasteiger partial charge is 0.193 e. The molecule has 0 heterocycles. The van der Waals surface area contributed by atoms with Crippen molar-refractivity contribution in [2.45, 2.75) is 32.8 Å². The number of ether oxygens (including phenoxy) is 2. The molecule has 0 radical (unpaired) electrons. The average Bonchev–Trinajstić information content (AvgIpc) is 2.60. The monoisotopic (exact) mass is 469 g/mol. The highest BCUT2D eigenvalue weighted by molar-refractivity contribution is 14.0. The highest BCUT2D eigenvalue weighted by atomic mass is 127. The van der Waals surface area contributed by atoms with Crippen LogP contribution in [0.25, 0.3) is 0 Å². The summed E-state index contributed by atoms with van der Waals surface area (Å²) in [6, 6.07) is 15.7. The van der Waals surface area contributed by atoms with Gasteiger partial charge in [-0.25, -0.2) is 4.99 Å². The first-order valence-electron chi connectivity index (χ1n) is 8.46. The molecule has 2 rings (SSSR count). The summed E-state index contributed by atoms with van der Waals surface area (Å²) in [7, 11) is 1.62. The molecule has 26 heavy (non-hydrogen) atoms. The van der Waals surface area contributed by atoms with Crippen molar-refractivity contribution in [1.29, 1.82) is 0 Å². The maximum Gasteiger partial charge on any atom is 0.193 e. The molecule has 6 heteroatoms. The van der Waals surface area contributed by atoms with Gasteiger partial charge in [-0.3, -0.25) is 0 Å². The van der Waals surface area contributed by atoms with Crippen molar-refractivity contribution in [2.24, 2.45) is 10.7 Å². The molecule has 0 aromatic heterocycles. The lowest BCUT2D eigenvalue weighted by atomic mass is 10.0. The third-order valence-electron chi connectivity index (χ3n) is 3.74. The number of nitrogens with zero attached hydrogens (tertiary/aromatic N) is 1. The molecule has 0 spiro atoms. The predicted molar refractivity (Wildman–Crippen MR) is 119 cm³/mol. The molecule has 1 unspecified atom stereocenters. The van der Waals surface area contributed by atoms with E-state index < -0.39 is 0 Å². The van der Waals surface area contributed by atoms with Crippen LogP contribution in [0.2, 0.25) is 0 Å². The Morgan fingerprint density at radius 2 is 1.77 bits per heavy atom. The van der Waals surface area contributed by atoms with Crippen molar-refractivity contribution in [1.82, 2.24) is 0 Å². The van der Waals surface area contributed by atoms with E-state index in [0.29, 0.717) is 29.9 Å². The van der Waals surface area contributed by atoms with E-state index in [9.17, 15) is 0 Å². The second kappa shape index (κ2) is 10.9. The van der Waals surface area contributed by atoms with Crippen molar-refractivity contribution < 1.29 is 9.47 Å². The fourth-order valence-corrected chi connectivity index (χ4v) is 2.36. The molecule has 0 saturated heterocycles. The van der Waals surface area contributed by atoms with Gasteiger partial charge in [-0.1, -0.05) is 38.1 Å². The molecule has 0 bridgehead atoms. The first kappa shape index (κ1) is 22.1. The lowest BCUT2D eigenvalue weighted by Gasteiger charge is -2.15. The maximum atomic E-state index is 5.99. The third-order valence-corrected chi connectivity index (χ3v) is 3.74. The van der Waals surface area contributed by atoms with Crippen molar-refractivity contribution in [3.8, 4) is 11.5 Å². The summed E-state index contributed by atoms with van der Waals surface area (Å²) in [4.78, 5) is 4.36. The number of methoxy groups -OCH3 is 1. The van der Waals surface area contributed by atoms with Crippen LogP contribution in [0.5, 0.6) is 11.5 Å². The van der Waals surface area contributed by atoms with Gasteiger partial charge in [-0.05, 0) is 42.7 Å². The number of benzene rings is 2. The van der Waals surface area contributed by atoms with Crippen LogP contribution in [-0.2, 0) is 0 Å². The van der Waals surface area contributed by atoms with Crippen molar-refractivity contribution >= 4 is 35.6 Å². The van der Waals surface area contributed by atoms with Gasteiger partial charge in [0.05, 0.1) is 13.7 Å². The Kier molecular flexibility index (Phi) is 9.26. The van der Waals surface area contributed by atoms with Crippen LogP contribution in [0, 0.1) is 0 Å². The quantitative estimate of drug-likeness (QED) is 0.353. The Labute approximate surface area is 173 Å². The Morgan fingerprint density at radius 1 is 1.08 bits per heavy atom. The Balaban J connectivity index is 0.00000338. The van der Waals surface area contributed by atoms with Crippen LogP contribution in [-0.4, -0.2) is 25.7 Å². The number of halogens is 1. The van der Waals surface area contributed by atoms with E-state index >= 15 is 0 Å². The van der Waals surface area contributed by atoms with E-state index in [1.165, 1.54) is 5.56 Å². The summed E-state index contributed by atoms with van der Waals surface area (Å²) in [5, 5.41) is 3.13. The van der Waals surface area contributed by atoms with Gasteiger partial charge in [0, 0.05) is 5.69 Å². The lowest BCUT2D eigenvalue weighted by molar-refractivity contribution is 0.219. The molecule has 0 aliphatic heterocycles. The van der Waals surface area contributed by atoms with Crippen molar-refractivity contribution in [3.05, 3.63) is 54.1 Å². The van der Waals surface area contributed by atoms with Crippen LogP contribution in [0.4, 0.5) is 5.69 Å². The second-order valence-electron chi connectivity index (χ2n) is 6.21. The zero-order valence-electron chi connectivity index (χ0n) is 15.7. The molecule has 0 saturated carbocycles. The molecule has 3 N–H and O–H groups in total. The lowest BCUT2D eigenvalue weighted by Crippen LogP contribution is -2.25. The Hall–Kier alpha value is -1.96. The number of nitrogens with one attached hydrogen (secondary N) is 1. The highest BCUT2D eigenvalue weighted by Gasteiger charge is 2.08. The van der Waals surface area contributed by atoms with E-state index in [4.69, 9.17) is 15.2 Å². The molecule has 0 amide bonds. The van der Waals surface area contributed by atoms with Gasteiger partial charge in [-0.15, -0.1) is 24.0 Å². The van der Waals surface area contributed by atoms with E-state index in [1.54, 1.807) is 7.11 Å². The number of guanidine groups is 1. The number of anilines is 1. The van der Waals surface area contributed by atoms with Crippen molar-refractivity contribution in [3.63, 3.8) is 0 Å². The van der Waals surface area contributed by atoms with Gasteiger partial charge >= 0.3 is 0 Å². The number of aliphatic imine (C=N–C) groups is 1. The Bertz CT molecular complexity index is 720. The van der Waals surface area contributed by atoms with E-state index in [2.05, 4.69) is 36.3 Å². The molecule has 0 fully saturated rings. The summed E-state index contributed by atoms with van der Waals surface area (Å²) in [6.07, 6.45) is -0.126. The molecule has 0 aliphatic rings. The SMILES string of the molecule is COc1ccccc1OC(C)CN=C(N)Nc1cccc(C(C)C)c1.I. The molecule has 5 nitrogen and oxygen atoms in total. The highest BCUT2D eigenvalue weighted by Crippen LogP contribution is 2.26. The summed E-state index contributed by atoms with van der Waals surface area (Å²) in [5.41, 5.74) is 8.18. The van der Waals surface area contributed by atoms with Gasteiger partial charge in [0.1, 0.15) is 6.10 Å². The predicted octanol–water partition coefficient (Wildman–Crippen LogP) is 4.63. The molecular weight excluding hydrogens is 441 g/mol. The van der Waals surface area contributed by atoms with E-state index in [-0.39, 0.29) is 30.1 Å². The van der Waals surface area contributed by atoms with Crippen LogP contribution in [0.3, 0.4) is 0 Å². The zero-order chi connectivity index (χ0) is 18.2. The second-order valence-corrected chi connectivity index (χ2v) is 6.21. The van der Waals surface area contributed by atoms with Crippen LogP contribution < -0.4 is 20.5 Å². The minimum atomic E-state index is -0.126. The fraction of sp³-hybridized carbons (Fsp3) is 0.350. The molecule has 0 aliphatic carbocycles. The van der Waals surface area contributed by atoms with Crippen LogP contribution in [0.1, 0.15) is 32.3 Å². The summed E-state index contributed by atoms with van der Waals surface area (Å²) in [5.74, 6) is 2.24. The molecule has 142 valence electrons.